The number of nitrogens with zero attached hydrogens (tertiary/aromatic N) is 2. The highest BCUT2D eigenvalue weighted by molar-refractivity contribution is 6.09. The first-order chi connectivity index (χ1) is 17.6. The first-order valence-corrected chi connectivity index (χ1v) is 11.2. The Morgan fingerprint density at radius 1 is 1.08 bits per heavy atom. The van der Waals surface area contributed by atoms with Gasteiger partial charge in [-0.25, -0.2) is 24.3 Å². The first-order valence-electron chi connectivity index (χ1n) is 11.2. The molecule has 0 radical (unpaired) electrons. The van der Waals surface area contributed by atoms with Gasteiger partial charge in [0, 0.05) is 12.7 Å². The Bertz CT molecular complexity index is 1370. The van der Waals surface area contributed by atoms with Crippen LogP contribution in [0, 0.1) is 5.92 Å². The molecule has 1 aliphatic rings. The van der Waals surface area contributed by atoms with Crippen molar-refractivity contribution < 1.29 is 37.1 Å². The number of fused-ring (bicyclic) bond motifs is 1. The van der Waals surface area contributed by atoms with E-state index in [0.717, 1.165) is 16.3 Å². The standard InChI is InChI=1S/C25H21F3N4O5/c26-25(27,28)23(35)37-22(34)20-18(12-14-8-10-30-19(29)13-14)21(33)32(20)24(36)31-11-9-16-6-3-5-15-4-1-2-7-17(15)16/h1-8,10,13,18,20H,9,11-12H2,(H2,29,30)(H,31,36). The van der Waals surface area contributed by atoms with Gasteiger partial charge in [-0.3, -0.25) is 4.79 Å². The number of esters is 2. The van der Waals surface area contributed by atoms with Gasteiger partial charge in [0.2, 0.25) is 5.91 Å². The van der Waals surface area contributed by atoms with Gasteiger partial charge in [0.1, 0.15) is 5.82 Å². The van der Waals surface area contributed by atoms with E-state index in [1.54, 1.807) is 0 Å². The summed E-state index contributed by atoms with van der Waals surface area (Å²) in [5.74, 6) is -6.31. The van der Waals surface area contributed by atoms with Gasteiger partial charge in [0.15, 0.2) is 6.04 Å². The van der Waals surface area contributed by atoms with Crippen LogP contribution in [0.5, 0.6) is 0 Å². The molecule has 2 unspecified atom stereocenters. The highest BCUT2D eigenvalue weighted by Crippen LogP contribution is 2.32. The number of amides is 3. The molecule has 3 aromatic rings. The maximum atomic E-state index is 12.8. The van der Waals surface area contributed by atoms with E-state index >= 15 is 0 Å². The van der Waals surface area contributed by atoms with E-state index in [1.807, 2.05) is 42.5 Å². The fraction of sp³-hybridized carbons (Fsp3) is 0.240. The number of imide groups is 1. The molecule has 0 bridgehead atoms. The Balaban J connectivity index is 1.47. The van der Waals surface area contributed by atoms with E-state index in [1.165, 1.54) is 18.3 Å². The van der Waals surface area contributed by atoms with Crippen LogP contribution < -0.4 is 11.1 Å². The van der Waals surface area contributed by atoms with Crippen molar-refractivity contribution in [1.82, 2.24) is 15.2 Å². The minimum atomic E-state index is -5.43. The molecule has 2 aromatic carbocycles. The van der Waals surface area contributed by atoms with E-state index in [0.29, 0.717) is 16.9 Å². The molecule has 3 N–H and O–H groups in total. The van der Waals surface area contributed by atoms with Gasteiger partial charge < -0.3 is 15.8 Å². The third-order valence-corrected chi connectivity index (χ3v) is 5.95. The molecule has 1 aromatic heterocycles. The van der Waals surface area contributed by atoms with Crippen molar-refractivity contribution in [3.63, 3.8) is 0 Å². The molecular weight excluding hydrogens is 493 g/mol. The number of carbonyl (C=O) groups is 4. The SMILES string of the molecule is Nc1cc(CC2C(=O)N(C(=O)NCCc3cccc4ccccc34)C2C(=O)OC(=O)C(F)(F)F)ccn1. The maximum Gasteiger partial charge on any atom is 0.491 e. The van der Waals surface area contributed by atoms with Crippen LogP contribution in [0.15, 0.2) is 60.8 Å². The van der Waals surface area contributed by atoms with Crippen molar-refractivity contribution in [3.8, 4) is 0 Å². The number of anilines is 1. The zero-order valence-corrected chi connectivity index (χ0v) is 19.2. The number of nitrogen functional groups attached to an aromatic ring is 1. The molecule has 1 fully saturated rings. The fourth-order valence-electron chi connectivity index (χ4n) is 4.23. The summed E-state index contributed by atoms with van der Waals surface area (Å²) in [5, 5.41) is 4.49. The Hall–Kier alpha value is -4.48. The third kappa shape index (κ3) is 5.52. The van der Waals surface area contributed by atoms with Crippen LogP contribution in [0.4, 0.5) is 23.8 Å². The topological polar surface area (TPSA) is 132 Å². The summed E-state index contributed by atoms with van der Waals surface area (Å²) >= 11 is 0. The molecule has 2 atom stereocenters. The van der Waals surface area contributed by atoms with E-state index < -0.39 is 42.0 Å². The average molecular weight is 514 g/mol. The highest BCUT2D eigenvalue weighted by Gasteiger charge is 2.57. The van der Waals surface area contributed by atoms with E-state index in [-0.39, 0.29) is 18.8 Å². The first kappa shape index (κ1) is 25.6. The maximum absolute atomic E-state index is 12.8. The number of alkyl halides is 3. The lowest BCUT2D eigenvalue weighted by Gasteiger charge is -2.43. The molecule has 1 saturated heterocycles. The minimum absolute atomic E-state index is 0.0748. The second-order valence-electron chi connectivity index (χ2n) is 8.38. The minimum Gasteiger partial charge on any atom is -0.385 e. The zero-order valence-electron chi connectivity index (χ0n) is 19.2. The Morgan fingerprint density at radius 3 is 2.54 bits per heavy atom. The fourth-order valence-corrected chi connectivity index (χ4v) is 4.23. The Morgan fingerprint density at radius 2 is 1.81 bits per heavy atom. The van der Waals surface area contributed by atoms with Crippen LogP contribution in [0.2, 0.25) is 0 Å². The van der Waals surface area contributed by atoms with Gasteiger partial charge in [0.25, 0.3) is 0 Å². The molecule has 0 aliphatic carbocycles. The van der Waals surface area contributed by atoms with E-state index in [9.17, 15) is 32.3 Å². The molecular formula is C25H21F3N4O5. The number of pyridine rings is 1. The number of carbonyl (C=O) groups excluding carboxylic acids is 4. The molecule has 4 rings (SSSR count). The van der Waals surface area contributed by atoms with Crippen molar-refractivity contribution in [2.45, 2.75) is 25.1 Å². The van der Waals surface area contributed by atoms with Crippen LogP contribution in [-0.4, -0.2) is 52.5 Å². The number of benzene rings is 2. The second kappa shape index (κ2) is 10.2. The van der Waals surface area contributed by atoms with E-state index in [4.69, 9.17) is 5.73 Å². The Kier molecular flexibility index (Phi) is 7.09. The summed E-state index contributed by atoms with van der Waals surface area (Å²) in [5.41, 5.74) is 7.00. The molecule has 1 aliphatic heterocycles. The van der Waals surface area contributed by atoms with Gasteiger partial charge >= 0.3 is 24.1 Å². The molecule has 0 spiro atoms. The van der Waals surface area contributed by atoms with Crippen LogP contribution in [-0.2, 0) is 32.0 Å². The van der Waals surface area contributed by atoms with E-state index in [2.05, 4.69) is 15.0 Å². The predicted molar refractivity (Wildman–Crippen MR) is 125 cm³/mol. The third-order valence-electron chi connectivity index (χ3n) is 5.95. The summed E-state index contributed by atoms with van der Waals surface area (Å²) in [6.45, 7) is 0.0748. The predicted octanol–water partition coefficient (Wildman–Crippen LogP) is 2.77. The number of hydrogen-bond donors (Lipinski definition) is 2. The summed E-state index contributed by atoms with van der Waals surface area (Å²) in [6.07, 6.45) is -3.82. The summed E-state index contributed by atoms with van der Waals surface area (Å²) < 4.78 is 41.9. The summed E-state index contributed by atoms with van der Waals surface area (Å²) in [6, 6.07) is 13.5. The van der Waals surface area contributed by atoms with Crippen LogP contribution >= 0.6 is 0 Å². The lowest BCUT2D eigenvalue weighted by atomic mass is 9.82. The van der Waals surface area contributed by atoms with Crippen LogP contribution in [0.1, 0.15) is 11.1 Å². The summed E-state index contributed by atoms with van der Waals surface area (Å²) in [4.78, 5) is 53.6. The zero-order chi connectivity index (χ0) is 26.7. The molecule has 0 saturated carbocycles. The number of β-lactam (4-membered cyclic amide) rings is 1. The number of nitrogens with one attached hydrogen (secondary N) is 1. The van der Waals surface area contributed by atoms with Gasteiger partial charge in [-0.05, 0) is 46.9 Å². The Labute approximate surface area is 208 Å². The van der Waals surface area contributed by atoms with Crippen molar-refractivity contribution in [1.29, 1.82) is 0 Å². The van der Waals surface area contributed by atoms with Gasteiger partial charge in [-0.2, -0.15) is 13.2 Å². The van der Waals surface area contributed by atoms with Crippen molar-refractivity contribution in [2.24, 2.45) is 5.92 Å². The van der Waals surface area contributed by atoms with Crippen molar-refractivity contribution in [2.75, 3.05) is 12.3 Å². The number of likely N-dealkylation sites (tertiary alicyclic amines) is 1. The van der Waals surface area contributed by atoms with Crippen molar-refractivity contribution in [3.05, 3.63) is 71.9 Å². The molecule has 12 heteroatoms. The number of ether oxygens (including phenoxy) is 1. The number of aromatic nitrogens is 1. The lowest BCUT2D eigenvalue weighted by molar-refractivity contribution is -0.205. The molecule has 37 heavy (non-hydrogen) atoms. The highest BCUT2D eigenvalue weighted by atomic mass is 19.4. The van der Waals surface area contributed by atoms with Crippen LogP contribution in [0.3, 0.4) is 0 Å². The normalized spacial score (nSPS) is 17.3. The lowest BCUT2D eigenvalue weighted by Crippen LogP contribution is -2.69. The second-order valence-corrected chi connectivity index (χ2v) is 8.38. The van der Waals surface area contributed by atoms with Crippen LogP contribution in [0.25, 0.3) is 10.8 Å². The van der Waals surface area contributed by atoms with Gasteiger partial charge in [-0.1, -0.05) is 42.5 Å². The average Bonchev–Trinajstić information content (AvgIpc) is 2.85. The molecule has 9 nitrogen and oxygen atoms in total. The van der Waals surface area contributed by atoms with Gasteiger partial charge in [-0.15, -0.1) is 0 Å². The smallest absolute Gasteiger partial charge is 0.385 e. The number of hydrogen-bond acceptors (Lipinski definition) is 7. The molecule has 192 valence electrons. The quantitative estimate of drug-likeness (QED) is 0.294. The monoisotopic (exact) mass is 514 g/mol. The number of halogens is 3. The molecule has 2 heterocycles. The molecule has 3 amide bonds. The summed E-state index contributed by atoms with van der Waals surface area (Å²) in [7, 11) is 0. The van der Waals surface area contributed by atoms with Crippen molar-refractivity contribution >= 4 is 40.5 Å². The number of nitrogens with two attached hydrogens (primary N) is 1. The van der Waals surface area contributed by atoms with Gasteiger partial charge in [0.05, 0.1) is 5.92 Å². The largest absolute Gasteiger partial charge is 0.491 e. The number of urea groups is 1. The number of rotatable bonds is 6.